The Labute approximate surface area is 351 Å². The number of phosphoric acid groups is 1. The van der Waals surface area contributed by atoms with Crippen LogP contribution in [0.4, 0.5) is 0 Å². The van der Waals surface area contributed by atoms with Crippen LogP contribution in [0.15, 0.2) is 60.8 Å². The summed E-state index contributed by atoms with van der Waals surface area (Å²) in [6, 6.07) is 0. The molecule has 0 aromatic heterocycles. The third kappa shape index (κ3) is 45.1. The number of ether oxygens (including phenoxy) is 2. The van der Waals surface area contributed by atoms with E-state index in [9.17, 15) is 14.3 Å². The van der Waals surface area contributed by atoms with Crippen LogP contribution in [0.5, 0.6) is 0 Å². The minimum atomic E-state index is -4.28. The number of quaternary nitrogens is 1. The zero-order valence-electron chi connectivity index (χ0n) is 37.6. The number of hydrogen-bond acceptors (Lipinski definition) is 6. The van der Waals surface area contributed by atoms with Crippen LogP contribution in [0.3, 0.4) is 0 Å². The summed E-state index contributed by atoms with van der Waals surface area (Å²) in [6.45, 7) is 5.46. The second-order valence-corrected chi connectivity index (χ2v) is 17.9. The normalized spacial score (nSPS) is 14.3. The van der Waals surface area contributed by atoms with Crippen LogP contribution in [0.2, 0.25) is 0 Å². The van der Waals surface area contributed by atoms with E-state index in [-0.39, 0.29) is 25.8 Å². The van der Waals surface area contributed by atoms with Crippen molar-refractivity contribution in [3.63, 3.8) is 0 Å². The Morgan fingerprint density at radius 1 is 0.561 bits per heavy atom. The van der Waals surface area contributed by atoms with Gasteiger partial charge in [0.05, 0.1) is 34.4 Å². The molecule has 0 rings (SSSR count). The average molecular weight is 823 g/mol. The molecule has 0 aliphatic rings. The summed E-state index contributed by atoms with van der Waals surface area (Å²) in [5.41, 5.74) is 0. The van der Waals surface area contributed by atoms with Gasteiger partial charge in [0.1, 0.15) is 19.3 Å². The van der Waals surface area contributed by atoms with Gasteiger partial charge in [-0.1, -0.05) is 158 Å². The minimum absolute atomic E-state index is 0.0836. The van der Waals surface area contributed by atoms with Crippen LogP contribution in [0, 0.1) is 0 Å². The lowest BCUT2D eigenvalue weighted by Crippen LogP contribution is -2.37. The fourth-order valence-electron chi connectivity index (χ4n) is 6.01. The van der Waals surface area contributed by atoms with Crippen LogP contribution in [0.25, 0.3) is 0 Å². The van der Waals surface area contributed by atoms with Crippen molar-refractivity contribution in [1.82, 2.24) is 0 Å². The molecule has 332 valence electrons. The number of allylic oxidation sites excluding steroid dienone is 10. The third-order valence-corrected chi connectivity index (χ3v) is 10.5. The average Bonchev–Trinajstić information content (AvgIpc) is 3.16. The Hall–Kier alpha value is -1.80. The van der Waals surface area contributed by atoms with Crippen LogP contribution >= 0.6 is 7.82 Å². The molecule has 57 heavy (non-hydrogen) atoms. The van der Waals surface area contributed by atoms with Crippen molar-refractivity contribution in [1.29, 1.82) is 0 Å². The number of nitrogens with zero attached hydrogens (tertiary/aromatic N) is 1. The van der Waals surface area contributed by atoms with E-state index in [4.69, 9.17) is 18.5 Å². The van der Waals surface area contributed by atoms with Crippen LogP contribution in [0.1, 0.15) is 181 Å². The molecule has 0 fully saturated rings. The van der Waals surface area contributed by atoms with E-state index in [2.05, 4.69) is 74.6 Å². The molecule has 0 amide bonds. The molecule has 1 N–H and O–H groups in total. The predicted octanol–water partition coefficient (Wildman–Crippen LogP) is 13.7. The summed E-state index contributed by atoms with van der Waals surface area (Å²) in [5.74, 6) is -0.327. The highest BCUT2D eigenvalue weighted by Gasteiger charge is 2.26. The topological polar surface area (TPSA) is 91.3 Å². The van der Waals surface area contributed by atoms with Gasteiger partial charge < -0.3 is 18.9 Å². The van der Waals surface area contributed by atoms with Gasteiger partial charge in [0.2, 0.25) is 0 Å². The molecule has 0 saturated carbocycles. The predicted molar refractivity (Wildman–Crippen MR) is 242 cm³/mol. The van der Waals surface area contributed by atoms with Crippen molar-refractivity contribution in [3.8, 4) is 0 Å². The van der Waals surface area contributed by atoms with Gasteiger partial charge in [0.15, 0.2) is 0 Å². The third-order valence-electron chi connectivity index (χ3n) is 9.56. The van der Waals surface area contributed by atoms with Gasteiger partial charge in [-0.15, -0.1) is 0 Å². The second-order valence-electron chi connectivity index (χ2n) is 16.4. The van der Waals surface area contributed by atoms with Crippen molar-refractivity contribution in [2.45, 2.75) is 187 Å². The highest BCUT2D eigenvalue weighted by molar-refractivity contribution is 7.47. The Balaban J connectivity index is 4.19. The number of likely N-dealkylation sites (N-methyl/N-ethyl adjacent to an activating group) is 1. The quantitative estimate of drug-likeness (QED) is 0.0215. The molecule has 0 bridgehead atoms. The van der Waals surface area contributed by atoms with Gasteiger partial charge in [-0.05, 0) is 77.0 Å². The Morgan fingerprint density at radius 2 is 1.02 bits per heavy atom. The molecule has 0 saturated heterocycles. The Kier molecular flexibility index (Phi) is 39.7. The highest BCUT2D eigenvalue weighted by Crippen LogP contribution is 2.43. The van der Waals surface area contributed by atoms with E-state index >= 15 is 0 Å². The molecule has 0 aromatic rings. The smallest absolute Gasteiger partial charge is 0.457 e. The molecule has 2 unspecified atom stereocenters. The number of rotatable bonds is 42. The maximum atomic E-state index is 12.7. The van der Waals surface area contributed by atoms with E-state index in [1.165, 1.54) is 89.9 Å². The van der Waals surface area contributed by atoms with Gasteiger partial charge in [-0.2, -0.15) is 0 Å². The van der Waals surface area contributed by atoms with Crippen LogP contribution < -0.4 is 0 Å². The van der Waals surface area contributed by atoms with Gasteiger partial charge in [-0.25, -0.2) is 4.57 Å². The minimum Gasteiger partial charge on any atom is -0.457 e. The van der Waals surface area contributed by atoms with E-state index in [1.807, 2.05) is 21.1 Å². The molecule has 2 atom stereocenters. The first-order valence-corrected chi connectivity index (χ1v) is 24.5. The number of esters is 1. The zero-order valence-corrected chi connectivity index (χ0v) is 38.5. The maximum Gasteiger partial charge on any atom is 0.472 e. The summed E-state index contributed by atoms with van der Waals surface area (Å²) in [5, 5.41) is 0. The van der Waals surface area contributed by atoms with E-state index in [1.54, 1.807) is 0 Å². The summed E-state index contributed by atoms with van der Waals surface area (Å²) in [6.07, 6.45) is 51.1. The van der Waals surface area contributed by atoms with Crippen LogP contribution in [-0.2, 0) is 27.9 Å². The summed E-state index contributed by atoms with van der Waals surface area (Å²) < 4.78 is 35.0. The zero-order chi connectivity index (χ0) is 42.0. The molecule has 0 aliphatic heterocycles. The van der Waals surface area contributed by atoms with E-state index in [0.29, 0.717) is 24.1 Å². The van der Waals surface area contributed by atoms with Gasteiger partial charge in [-0.3, -0.25) is 13.8 Å². The first kappa shape index (κ1) is 55.2. The molecule has 0 aliphatic carbocycles. The number of carbonyl (C=O) groups excluding carboxylic acids is 1. The Bertz CT molecular complexity index is 1090. The van der Waals surface area contributed by atoms with Crippen molar-refractivity contribution in [3.05, 3.63) is 60.8 Å². The molecule has 8 nitrogen and oxygen atoms in total. The molecule has 0 spiro atoms. The largest absolute Gasteiger partial charge is 0.472 e. The van der Waals surface area contributed by atoms with Crippen molar-refractivity contribution < 1.29 is 37.3 Å². The fourth-order valence-corrected chi connectivity index (χ4v) is 6.75. The molecule has 0 aromatic carbocycles. The lowest BCUT2D eigenvalue weighted by molar-refractivity contribution is -0.870. The molecule has 9 heteroatoms. The van der Waals surface area contributed by atoms with Crippen molar-refractivity contribution in [2.24, 2.45) is 0 Å². The SMILES string of the molecule is CC/C=C\C/C=C\C/C=C\C/C=C\CCCCCCCCCCCOCC(COP(=O)(O)OCC[N+](C)(C)C)OC(=O)CCCCCCC/C=C\CCCCCC. The van der Waals surface area contributed by atoms with E-state index in [0.717, 1.165) is 70.6 Å². The number of unbranched alkanes of at least 4 members (excludes halogenated alkanes) is 18. The van der Waals surface area contributed by atoms with Gasteiger partial charge in [0.25, 0.3) is 0 Å². The second kappa shape index (κ2) is 41.0. The Morgan fingerprint density at radius 3 is 1.54 bits per heavy atom. The monoisotopic (exact) mass is 823 g/mol. The number of hydrogen-bond donors (Lipinski definition) is 1. The first-order chi connectivity index (χ1) is 27.6. The van der Waals surface area contributed by atoms with Gasteiger partial charge >= 0.3 is 13.8 Å². The highest BCUT2D eigenvalue weighted by atomic mass is 31.2. The fraction of sp³-hybridized carbons (Fsp3) is 0.771. The molecule has 0 heterocycles. The molecule has 0 radical (unpaired) electrons. The van der Waals surface area contributed by atoms with Crippen LogP contribution in [-0.4, -0.2) is 75.6 Å². The molecular weight excluding hydrogens is 734 g/mol. The first-order valence-electron chi connectivity index (χ1n) is 23.0. The molecular formula is C48H89NO7P+. The summed E-state index contributed by atoms with van der Waals surface area (Å²) >= 11 is 0. The number of carbonyl (C=O) groups is 1. The summed E-state index contributed by atoms with van der Waals surface area (Å²) in [7, 11) is 1.65. The van der Waals surface area contributed by atoms with Gasteiger partial charge in [0, 0.05) is 13.0 Å². The lowest BCUT2D eigenvalue weighted by atomic mass is 10.1. The maximum absolute atomic E-state index is 12.7. The summed E-state index contributed by atoms with van der Waals surface area (Å²) in [4.78, 5) is 22.9. The van der Waals surface area contributed by atoms with Crippen molar-refractivity contribution in [2.75, 3.05) is 54.1 Å². The van der Waals surface area contributed by atoms with E-state index < -0.39 is 13.9 Å². The standard InChI is InChI=1S/C48H88NO7P/c1-6-8-10-12-14-16-18-20-21-22-23-24-25-26-27-28-30-32-34-36-38-40-43-53-45-47(46-55-57(51,52)54-44-42-49(3,4)5)56-48(50)41-39-37-35-33-31-29-19-17-15-13-11-9-7-2/h8,10,14,16-17,19-21,23-24,47H,6-7,9,11-13,15,18,22,25-46H2,1-5H3/p+1/b10-8-,16-14-,19-17-,21-20-,24-23-. The number of phosphoric ester groups is 1. The van der Waals surface area contributed by atoms with Crippen molar-refractivity contribution >= 4 is 13.8 Å². The lowest BCUT2D eigenvalue weighted by Gasteiger charge is -2.24.